The molecule has 22 heavy (non-hydrogen) atoms. The van der Waals surface area contributed by atoms with Crippen molar-refractivity contribution in [3.05, 3.63) is 63.9 Å². The van der Waals surface area contributed by atoms with Crippen molar-refractivity contribution in [2.75, 3.05) is 31.1 Å². The number of rotatable bonds is 3. The monoisotopic (exact) mass is 363 g/mol. The fraction of sp³-hybridized carbons (Fsp3) is 0.333. The van der Waals surface area contributed by atoms with Crippen LogP contribution >= 0.6 is 15.9 Å². The van der Waals surface area contributed by atoms with Gasteiger partial charge in [-0.15, -0.1) is 0 Å². The third-order valence-electron chi connectivity index (χ3n) is 4.31. The van der Waals surface area contributed by atoms with E-state index in [4.69, 9.17) is 0 Å². The predicted molar refractivity (Wildman–Crippen MR) is 91.9 cm³/mol. The number of aryl methyl sites for hydroxylation is 1. The molecule has 1 aliphatic rings. The van der Waals surface area contributed by atoms with Crippen LogP contribution in [0.2, 0.25) is 0 Å². The van der Waals surface area contributed by atoms with Crippen LogP contribution in [-0.4, -0.2) is 26.2 Å². The van der Waals surface area contributed by atoms with Gasteiger partial charge in [0.2, 0.25) is 0 Å². The number of nitrogens with zero attached hydrogens (tertiary/aromatic N) is 1. The van der Waals surface area contributed by atoms with E-state index in [1.165, 1.54) is 16.8 Å². The average molecular weight is 364 g/mol. The molecule has 0 bridgehead atoms. The number of hydrogen-bond acceptors (Lipinski definition) is 1. The van der Waals surface area contributed by atoms with Crippen LogP contribution in [0.5, 0.6) is 0 Å². The first-order chi connectivity index (χ1) is 10.6. The molecular weight excluding hydrogens is 343 g/mol. The average Bonchev–Trinajstić information content (AvgIpc) is 2.53. The van der Waals surface area contributed by atoms with E-state index in [9.17, 15) is 4.39 Å². The Morgan fingerprint density at radius 2 is 1.77 bits per heavy atom. The summed E-state index contributed by atoms with van der Waals surface area (Å²) in [6.07, 6.45) is 0. The van der Waals surface area contributed by atoms with Crippen molar-refractivity contribution >= 4 is 21.6 Å². The van der Waals surface area contributed by atoms with Gasteiger partial charge in [0.05, 0.1) is 30.7 Å². The Kier molecular flexibility index (Phi) is 4.79. The Balaban J connectivity index is 1.57. The molecule has 2 nitrogen and oxygen atoms in total. The number of quaternary nitrogens is 1. The zero-order valence-corrected chi connectivity index (χ0v) is 14.4. The summed E-state index contributed by atoms with van der Waals surface area (Å²) in [5, 5.41) is 0. The number of nitrogens with one attached hydrogen (secondary N) is 1. The van der Waals surface area contributed by atoms with Gasteiger partial charge in [-0.25, -0.2) is 4.39 Å². The summed E-state index contributed by atoms with van der Waals surface area (Å²) in [7, 11) is 0. The molecule has 0 radical (unpaired) electrons. The van der Waals surface area contributed by atoms with Crippen molar-refractivity contribution < 1.29 is 9.29 Å². The van der Waals surface area contributed by atoms with E-state index in [-0.39, 0.29) is 5.82 Å². The Hall–Kier alpha value is -1.39. The Morgan fingerprint density at radius 1 is 1.09 bits per heavy atom. The van der Waals surface area contributed by atoms with Gasteiger partial charge in [-0.3, -0.25) is 0 Å². The molecular formula is C18H21BrFN2+. The molecule has 0 unspecified atom stereocenters. The van der Waals surface area contributed by atoms with Crippen molar-refractivity contribution in [2.24, 2.45) is 0 Å². The van der Waals surface area contributed by atoms with Gasteiger partial charge in [0.1, 0.15) is 12.4 Å². The lowest BCUT2D eigenvalue weighted by Crippen LogP contribution is -3.13. The van der Waals surface area contributed by atoms with Crippen LogP contribution in [0.1, 0.15) is 11.1 Å². The van der Waals surface area contributed by atoms with Gasteiger partial charge < -0.3 is 9.80 Å². The minimum Gasteiger partial charge on any atom is -0.360 e. The molecule has 1 fully saturated rings. The summed E-state index contributed by atoms with van der Waals surface area (Å²) < 4.78 is 13.8. The largest absolute Gasteiger partial charge is 0.360 e. The zero-order chi connectivity index (χ0) is 15.5. The lowest BCUT2D eigenvalue weighted by atomic mass is 10.1. The first kappa shape index (κ1) is 15.5. The minimum atomic E-state index is -0.192. The van der Waals surface area contributed by atoms with Crippen LogP contribution < -0.4 is 9.80 Å². The second kappa shape index (κ2) is 6.80. The van der Waals surface area contributed by atoms with E-state index >= 15 is 0 Å². The van der Waals surface area contributed by atoms with Gasteiger partial charge in [0.25, 0.3) is 0 Å². The van der Waals surface area contributed by atoms with Crippen molar-refractivity contribution in [1.82, 2.24) is 0 Å². The molecule has 1 heterocycles. The maximum absolute atomic E-state index is 13.3. The number of halogens is 2. The van der Waals surface area contributed by atoms with Gasteiger partial charge in [0, 0.05) is 11.3 Å². The number of hydrogen-bond donors (Lipinski definition) is 1. The Bertz CT molecular complexity index is 634. The van der Waals surface area contributed by atoms with Crippen LogP contribution in [0.25, 0.3) is 0 Å². The normalized spacial score (nSPS) is 16.0. The topological polar surface area (TPSA) is 7.68 Å². The van der Waals surface area contributed by atoms with E-state index in [1.54, 1.807) is 11.0 Å². The quantitative estimate of drug-likeness (QED) is 0.880. The van der Waals surface area contributed by atoms with E-state index in [2.05, 4.69) is 52.0 Å². The first-order valence-electron chi connectivity index (χ1n) is 7.71. The summed E-state index contributed by atoms with van der Waals surface area (Å²) in [6.45, 7) is 7.45. The number of anilines is 1. The molecule has 0 aromatic heterocycles. The molecule has 116 valence electrons. The van der Waals surface area contributed by atoms with Crippen LogP contribution in [0.15, 0.2) is 46.9 Å². The second-order valence-corrected chi connectivity index (χ2v) is 6.85. The number of benzene rings is 2. The lowest BCUT2D eigenvalue weighted by Gasteiger charge is -2.33. The third kappa shape index (κ3) is 3.68. The molecule has 2 aromatic rings. The van der Waals surface area contributed by atoms with Crippen molar-refractivity contribution in [3.8, 4) is 0 Å². The smallest absolute Gasteiger partial charge is 0.137 e. The summed E-state index contributed by atoms with van der Waals surface area (Å²) in [6, 6.07) is 14.1. The van der Waals surface area contributed by atoms with Crippen LogP contribution in [0.3, 0.4) is 0 Å². The zero-order valence-electron chi connectivity index (χ0n) is 12.8. The molecule has 4 heteroatoms. The fourth-order valence-electron chi connectivity index (χ4n) is 2.95. The first-order valence-corrected chi connectivity index (χ1v) is 8.50. The van der Waals surface area contributed by atoms with Gasteiger partial charge >= 0.3 is 0 Å². The third-order valence-corrected chi connectivity index (χ3v) is 4.92. The SMILES string of the molecule is Cc1ccc(N2CC[NH+](Cc3ccc(F)c(Br)c3)CC2)cc1. The van der Waals surface area contributed by atoms with Crippen LogP contribution in [0.4, 0.5) is 10.1 Å². The molecule has 2 aromatic carbocycles. The lowest BCUT2D eigenvalue weighted by molar-refractivity contribution is -0.914. The second-order valence-electron chi connectivity index (χ2n) is 6.00. The molecule has 0 aliphatic carbocycles. The van der Waals surface area contributed by atoms with Crippen molar-refractivity contribution in [1.29, 1.82) is 0 Å². The van der Waals surface area contributed by atoms with E-state index in [0.29, 0.717) is 4.47 Å². The highest BCUT2D eigenvalue weighted by Gasteiger charge is 2.20. The highest BCUT2D eigenvalue weighted by Crippen LogP contribution is 2.17. The summed E-state index contributed by atoms with van der Waals surface area (Å²) in [4.78, 5) is 4.01. The van der Waals surface area contributed by atoms with Crippen molar-refractivity contribution in [3.63, 3.8) is 0 Å². The van der Waals surface area contributed by atoms with Gasteiger partial charge in [-0.2, -0.15) is 0 Å². The molecule has 0 saturated carbocycles. The maximum atomic E-state index is 13.3. The van der Waals surface area contributed by atoms with Crippen LogP contribution in [0, 0.1) is 12.7 Å². The fourth-order valence-corrected chi connectivity index (χ4v) is 3.38. The standard InChI is InChI=1S/C18H20BrFN2/c1-14-2-5-16(6-3-14)22-10-8-21(9-11-22)13-15-4-7-18(20)17(19)12-15/h2-7,12H,8-11,13H2,1H3/p+1. The van der Waals surface area contributed by atoms with Gasteiger partial charge in [-0.1, -0.05) is 23.8 Å². The predicted octanol–water partition coefficient (Wildman–Crippen LogP) is 2.80. The summed E-state index contributed by atoms with van der Waals surface area (Å²) in [5.74, 6) is -0.192. The Labute approximate surface area is 139 Å². The Morgan fingerprint density at radius 3 is 2.41 bits per heavy atom. The van der Waals surface area contributed by atoms with Crippen LogP contribution in [-0.2, 0) is 6.54 Å². The van der Waals surface area contributed by atoms with E-state index in [1.807, 2.05) is 12.1 Å². The molecule has 0 spiro atoms. The molecule has 1 saturated heterocycles. The van der Waals surface area contributed by atoms with E-state index in [0.717, 1.165) is 32.7 Å². The minimum absolute atomic E-state index is 0.192. The molecule has 0 atom stereocenters. The highest BCUT2D eigenvalue weighted by atomic mass is 79.9. The molecule has 1 aliphatic heterocycles. The molecule has 3 rings (SSSR count). The highest BCUT2D eigenvalue weighted by molar-refractivity contribution is 9.10. The number of piperazine rings is 1. The van der Waals surface area contributed by atoms with Gasteiger partial charge in [0.15, 0.2) is 0 Å². The maximum Gasteiger partial charge on any atom is 0.137 e. The molecule has 1 N–H and O–H groups in total. The van der Waals surface area contributed by atoms with Crippen molar-refractivity contribution in [2.45, 2.75) is 13.5 Å². The molecule has 0 amide bonds. The summed E-state index contributed by atoms with van der Waals surface area (Å²) >= 11 is 3.26. The summed E-state index contributed by atoms with van der Waals surface area (Å²) in [5.41, 5.74) is 3.80. The van der Waals surface area contributed by atoms with Gasteiger partial charge in [-0.05, 0) is 47.1 Å². The van der Waals surface area contributed by atoms with E-state index < -0.39 is 0 Å².